The standard InChI is InChI=1S/C29H35F2N5O2/c1-20-32-33-27-17-35(14-15-36(20)27)28(37)25-9-6-23(16-26(25)30)22-4-7-24(8-5-22)38-18-21-10-12-34(13-11-21)19-29(2,3)31/h4-9,16,21H,10-15,17-19H2,1-3H3. The Morgan fingerprint density at radius 3 is 2.42 bits per heavy atom. The number of carbonyl (C=O) groups excluding carboxylic acids is 1. The first-order valence-electron chi connectivity index (χ1n) is 13.3. The molecule has 38 heavy (non-hydrogen) atoms. The Kier molecular flexibility index (Phi) is 7.47. The van der Waals surface area contributed by atoms with Crippen molar-refractivity contribution < 1.29 is 18.3 Å². The molecule has 0 aliphatic carbocycles. The van der Waals surface area contributed by atoms with E-state index in [0.717, 1.165) is 43.1 Å². The van der Waals surface area contributed by atoms with E-state index in [-0.39, 0.29) is 11.5 Å². The van der Waals surface area contributed by atoms with E-state index < -0.39 is 11.5 Å². The van der Waals surface area contributed by atoms with E-state index in [4.69, 9.17) is 4.74 Å². The molecule has 5 rings (SSSR count). The Labute approximate surface area is 222 Å². The molecule has 0 atom stereocenters. The summed E-state index contributed by atoms with van der Waals surface area (Å²) in [6.07, 6.45) is 1.99. The van der Waals surface area contributed by atoms with Crippen LogP contribution in [0.3, 0.4) is 0 Å². The number of aryl methyl sites for hydroxylation is 1. The van der Waals surface area contributed by atoms with Crippen LogP contribution in [0.4, 0.5) is 8.78 Å². The van der Waals surface area contributed by atoms with Crippen molar-refractivity contribution >= 4 is 5.91 Å². The third-order valence-electron chi connectivity index (χ3n) is 7.40. The smallest absolute Gasteiger partial charge is 0.257 e. The van der Waals surface area contributed by atoms with Gasteiger partial charge in [-0.1, -0.05) is 18.2 Å². The molecule has 0 unspecified atom stereocenters. The van der Waals surface area contributed by atoms with Crippen molar-refractivity contribution in [3.63, 3.8) is 0 Å². The molecular formula is C29H35F2N5O2. The van der Waals surface area contributed by atoms with Crippen molar-refractivity contribution in [2.45, 2.75) is 52.4 Å². The van der Waals surface area contributed by atoms with Crippen LogP contribution >= 0.6 is 0 Å². The molecule has 202 valence electrons. The highest BCUT2D eigenvalue weighted by molar-refractivity contribution is 5.95. The highest BCUT2D eigenvalue weighted by Gasteiger charge is 2.27. The summed E-state index contributed by atoms with van der Waals surface area (Å²) >= 11 is 0. The van der Waals surface area contributed by atoms with E-state index in [9.17, 15) is 9.18 Å². The predicted molar refractivity (Wildman–Crippen MR) is 141 cm³/mol. The fourth-order valence-electron chi connectivity index (χ4n) is 5.32. The van der Waals surface area contributed by atoms with E-state index in [1.807, 2.05) is 35.8 Å². The molecule has 1 amide bonds. The van der Waals surface area contributed by atoms with E-state index in [2.05, 4.69) is 15.1 Å². The van der Waals surface area contributed by atoms with Crippen molar-refractivity contribution in [1.29, 1.82) is 0 Å². The molecule has 9 heteroatoms. The minimum absolute atomic E-state index is 0.0551. The molecule has 2 aromatic carbocycles. The second-order valence-electron chi connectivity index (χ2n) is 11.0. The summed E-state index contributed by atoms with van der Waals surface area (Å²) in [5.74, 6) is 1.86. The van der Waals surface area contributed by atoms with Crippen LogP contribution < -0.4 is 4.74 Å². The van der Waals surface area contributed by atoms with Crippen LogP contribution in [0, 0.1) is 18.7 Å². The number of ether oxygens (including phenoxy) is 1. The van der Waals surface area contributed by atoms with Crippen molar-refractivity contribution in [3.8, 4) is 16.9 Å². The summed E-state index contributed by atoms with van der Waals surface area (Å²) in [4.78, 5) is 16.8. The monoisotopic (exact) mass is 523 g/mol. The largest absolute Gasteiger partial charge is 0.493 e. The Hall–Kier alpha value is -3.33. The maximum atomic E-state index is 15.0. The van der Waals surface area contributed by atoms with Crippen LogP contribution in [-0.4, -0.2) is 68.9 Å². The van der Waals surface area contributed by atoms with Gasteiger partial charge >= 0.3 is 0 Å². The first-order chi connectivity index (χ1) is 18.2. The van der Waals surface area contributed by atoms with Gasteiger partial charge in [0.15, 0.2) is 5.82 Å². The van der Waals surface area contributed by atoms with Crippen molar-refractivity contribution in [2.75, 3.05) is 32.8 Å². The van der Waals surface area contributed by atoms with Gasteiger partial charge in [-0.2, -0.15) is 0 Å². The lowest BCUT2D eigenvalue weighted by atomic mass is 9.97. The van der Waals surface area contributed by atoms with Crippen LogP contribution in [0.2, 0.25) is 0 Å². The number of fused-ring (bicyclic) bond motifs is 1. The minimum atomic E-state index is -1.17. The number of aromatic nitrogens is 3. The number of amides is 1. The Morgan fingerprint density at radius 2 is 1.74 bits per heavy atom. The lowest BCUT2D eigenvalue weighted by Gasteiger charge is -2.34. The van der Waals surface area contributed by atoms with Gasteiger partial charge in [0.25, 0.3) is 5.91 Å². The van der Waals surface area contributed by atoms with E-state index in [1.54, 1.807) is 30.9 Å². The van der Waals surface area contributed by atoms with Crippen LogP contribution in [0.25, 0.3) is 11.1 Å². The fraction of sp³-hybridized carbons (Fsp3) is 0.483. The van der Waals surface area contributed by atoms with Gasteiger partial charge in [-0.3, -0.25) is 4.79 Å². The van der Waals surface area contributed by atoms with Crippen molar-refractivity contribution in [3.05, 3.63) is 65.5 Å². The summed E-state index contributed by atoms with van der Waals surface area (Å²) in [5.41, 5.74) is 0.431. The Balaban J connectivity index is 1.15. The third-order valence-corrected chi connectivity index (χ3v) is 7.40. The summed E-state index contributed by atoms with van der Waals surface area (Å²) < 4.78 is 36.9. The van der Waals surface area contributed by atoms with Gasteiger partial charge in [0.05, 0.1) is 18.7 Å². The molecule has 0 bridgehead atoms. The summed E-state index contributed by atoms with van der Waals surface area (Å²) in [6.45, 7) is 9.42. The molecule has 0 N–H and O–H groups in total. The van der Waals surface area contributed by atoms with Crippen molar-refractivity contribution in [2.24, 2.45) is 5.92 Å². The average Bonchev–Trinajstić information content (AvgIpc) is 3.27. The predicted octanol–water partition coefficient (Wildman–Crippen LogP) is 4.89. The van der Waals surface area contributed by atoms with Gasteiger partial charge in [0.1, 0.15) is 23.1 Å². The van der Waals surface area contributed by atoms with E-state index in [0.29, 0.717) is 50.1 Å². The lowest BCUT2D eigenvalue weighted by Crippen LogP contribution is -2.41. The normalized spacial score (nSPS) is 16.9. The SMILES string of the molecule is Cc1nnc2n1CCN(C(=O)c1ccc(-c3ccc(OCC4CCN(CC(C)(C)F)CC4)cc3)cc1F)C2. The van der Waals surface area contributed by atoms with E-state index >= 15 is 4.39 Å². The van der Waals surface area contributed by atoms with Gasteiger partial charge in [0, 0.05) is 19.6 Å². The highest BCUT2D eigenvalue weighted by Crippen LogP contribution is 2.27. The number of piperidine rings is 1. The van der Waals surface area contributed by atoms with Crippen molar-refractivity contribution in [1.82, 2.24) is 24.6 Å². The molecule has 2 aliphatic heterocycles. The quantitative estimate of drug-likeness (QED) is 0.441. The molecule has 7 nitrogen and oxygen atoms in total. The summed E-state index contributed by atoms with van der Waals surface area (Å²) in [5, 5.41) is 8.18. The molecule has 2 aliphatic rings. The number of carbonyl (C=O) groups is 1. The lowest BCUT2D eigenvalue weighted by molar-refractivity contribution is 0.0702. The molecule has 3 heterocycles. The van der Waals surface area contributed by atoms with Gasteiger partial charge in [0.2, 0.25) is 0 Å². The summed E-state index contributed by atoms with van der Waals surface area (Å²) in [7, 11) is 0. The maximum absolute atomic E-state index is 15.0. The first-order valence-corrected chi connectivity index (χ1v) is 13.3. The number of hydrogen-bond acceptors (Lipinski definition) is 5. The Morgan fingerprint density at radius 1 is 1.03 bits per heavy atom. The number of nitrogens with zero attached hydrogens (tertiary/aromatic N) is 5. The molecule has 0 saturated carbocycles. The van der Waals surface area contributed by atoms with Crippen LogP contribution in [0.5, 0.6) is 5.75 Å². The average molecular weight is 524 g/mol. The molecule has 0 radical (unpaired) electrons. The third kappa shape index (κ3) is 6.04. The highest BCUT2D eigenvalue weighted by atomic mass is 19.1. The molecule has 1 fully saturated rings. The number of likely N-dealkylation sites (tertiary alicyclic amines) is 1. The molecule has 0 spiro atoms. The van der Waals surface area contributed by atoms with Crippen LogP contribution in [0.1, 0.15) is 48.7 Å². The fourth-order valence-corrected chi connectivity index (χ4v) is 5.32. The van der Waals surface area contributed by atoms with Gasteiger partial charge in [-0.15, -0.1) is 10.2 Å². The second kappa shape index (κ2) is 10.8. The number of benzene rings is 2. The number of hydrogen-bond donors (Lipinski definition) is 0. The molecule has 3 aromatic rings. The molecule has 1 saturated heterocycles. The van der Waals surface area contributed by atoms with Crippen LogP contribution in [-0.2, 0) is 13.1 Å². The zero-order chi connectivity index (χ0) is 26.9. The number of rotatable bonds is 7. The van der Waals surface area contributed by atoms with Gasteiger partial charge in [-0.25, -0.2) is 8.78 Å². The van der Waals surface area contributed by atoms with E-state index in [1.165, 1.54) is 6.07 Å². The molecule has 1 aromatic heterocycles. The van der Waals surface area contributed by atoms with Crippen LogP contribution in [0.15, 0.2) is 42.5 Å². The maximum Gasteiger partial charge on any atom is 0.257 e. The number of halogens is 2. The van der Waals surface area contributed by atoms with Gasteiger partial charge in [-0.05, 0) is 88.0 Å². The second-order valence-corrected chi connectivity index (χ2v) is 11.0. The Bertz CT molecular complexity index is 1280. The minimum Gasteiger partial charge on any atom is -0.493 e. The topological polar surface area (TPSA) is 63.5 Å². The first kappa shape index (κ1) is 26.3. The van der Waals surface area contributed by atoms with Gasteiger partial charge < -0.3 is 19.1 Å². The zero-order valence-corrected chi connectivity index (χ0v) is 22.3. The molecular weight excluding hydrogens is 488 g/mol. The number of alkyl halides is 1. The zero-order valence-electron chi connectivity index (χ0n) is 22.3. The summed E-state index contributed by atoms with van der Waals surface area (Å²) in [6, 6.07) is 12.3.